The SMILES string of the molecule is CC.CC.CC.O=P(Oc1ccccc1)(Oc1ccccc1)Oc1ccccc1. The summed E-state index contributed by atoms with van der Waals surface area (Å²) in [6.07, 6.45) is 0. The van der Waals surface area contributed by atoms with Crippen molar-refractivity contribution in [3.63, 3.8) is 0 Å². The highest BCUT2D eigenvalue weighted by Gasteiger charge is 2.33. The Hall–Kier alpha value is -2.71. The van der Waals surface area contributed by atoms with E-state index in [2.05, 4.69) is 0 Å². The minimum absolute atomic E-state index is 0.405. The first kappa shape index (κ1) is 26.3. The summed E-state index contributed by atoms with van der Waals surface area (Å²) in [5.74, 6) is 1.22. The Bertz CT molecular complexity index is 670. The van der Waals surface area contributed by atoms with E-state index >= 15 is 0 Å². The maximum absolute atomic E-state index is 13.1. The van der Waals surface area contributed by atoms with Crippen molar-refractivity contribution >= 4 is 7.82 Å². The van der Waals surface area contributed by atoms with E-state index in [1.807, 2.05) is 59.7 Å². The lowest BCUT2D eigenvalue weighted by Crippen LogP contribution is -2.07. The Morgan fingerprint density at radius 1 is 0.448 bits per heavy atom. The Kier molecular flexibility index (Phi) is 14.7. The first-order valence-corrected chi connectivity index (χ1v) is 11.5. The summed E-state index contributed by atoms with van der Waals surface area (Å²) in [5, 5.41) is 0. The molecule has 0 aliphatic heterocycles. The van der Waals surface area contributed by atoms with Gasteiger partial charge in [-0.2, -0.15) is 4.57 Å². The van der Waals surface area contributed by atoms with Crippen molar-refractivity contribution in [2.75, 3.05) is 0 Å². The second-order valence-corrected chi connectivity index (χ2v) is 6.10. The van der Waals surface area contributed by atoms with Gasteiger partial charge in [0.1, 0.15) is 17.2 Å². The van der Waals surface area contributed by atoms with Crippen LogP contribution in [0.4, 0.5) is 0 Å². The van der Waals surface area contributed by atoms with Gasteiger partial charge in [0.25, 0.3) is 0 Å². The number of rotatable bonds is 6. The monoisotopic (exact) mass is 416 g/mol. The van der Waals surface area contributed by atoms with Crippen molar-refractivity contribution in [1.29, 1.82) is 0 Å². The number of hydrogen-bond donors (Lipinski definition) is 0. The first-order chi connectivity index (χ1) is 14.2. The zero-order chi connectivity index (χ0) is 22.0. The van der Waals surface area contributed by atoms with Gasteiger partial charge in [-0.25, -0.2) is 0 Å². The van der Waals surface area contributed by atoms with Crippen LogP contribution in [0.5, 0.6) is 17.2 Å². The van der Waals surface area contributed by atoms with Gasteiger partial charge in [-0.15, -0.1) is 0 Å². The van der Waals surface area contributed by atoms with Gasteiger partial charge < -0.3 is 13.6 Å². The molecule has 158 valence electrons. The molecule has 29 heavy (non-hydrogen) atoms. The van der Waals surface area contributed by atoms with Gasteiger partial charge >= 0.3 is 7.82 Å². The molecule has 0 aliphatic carbocycles. The summed E-state index contributed by atoms with van der Waals surface area (Å²) >= 11 is 0. The summed E-state index contributed by atoms with van der Waals surface area (Å²) in [6, 6.07) is 26.4. The predicted octanol–water partition coefficient (Wildman–Crippen LogP) is 8.41. The molecule has 3 rings (SSSR count). The lowest BCUT2D eigenvalue weighted by molar-refractivity contribution is 0.298. The van der Waals surface area contributed by atoms with Crippen LogP contribution in [0.3, 0.4) is 0 Å². The Morgan fingerprint density at radius 2 is 0.655 bits per heavy atom. The zero-order valence-electron chi connectivity index (χ0n) is 18.2. The predicted molar refractivity (Wildman–Crippen MR) is 123 cm³/mol. The molecule has 0 saturated heterocycles. The molecule has 3 aromatic rings. The van der Waals surface area contributed by atoms with E-state index in [9.17, 15) is 4.57 Å². The fourth-order valence-electron chi connectivity index (χ4n) is 1.89. The molecule has 0 heterocycles. The van der Waals surface area contributed by atoms with Gasteiger partial charge in [0, 0.05) is 0 Å². The summed E-state index contributed by atoms with van der Waals surface area (Å²) < 4.78 is 29.6. The van der Waals surface area contributed by atoms with Gasteiger partial charge in [0.05, 0.1) is 0 Å². The molecule has 0 aliphatic rings. The third-order valence-corrected chi connectivity index (χ3v) is 4.18. The van der Waals surface area contributed by atoms with E-state index in [4.69, 9.17) is 13.6 Å². The van der Waals surface area contributed by atoms with Gasteiger partial charge in [0.2, 0.25) is 0 Å². The van der Waals surface area contributed by atoms with Crippen molar-refractivity contribution in [3.8, 4) is 17.2 Å². The molecule has 0 aromatic heterocycles. The molecular formula is C24H33O4P. The number of phosphoric acid groups is 1. The lowest BCUT2D eigenvalue weighted by Gasteiger charge is -2.19. The van der Waals surface area contributed by atoms with Gasteiger partial charge in [-0.3, -0.25) is 0 Å². The standard InChI is InChI=1S/C18H15O4P.3C2H6/c19-23(20-16-10-4-1-5-11-16,21-17-12-6-2-7-13-17)22-18-14-8-3-9-15-18;3*1-2/h1-15H;3*1-2H3. The second-order valence-electron chi connectivity index (χ2n) is 4.66. The molecule has 0 atom stereocenters. The smallest absolute Gasteiger partial charge is 0.386 e. The maximum Gasteiger partial charge on any atom is 0.647 e. The molecule has 5 heteroatoms. The van der Waals surface area contributed by atoms with Gasteiger partial charge in [0.15, 0.2) is 0 Å². The molecule has 0 bridgehead atoms. The van der Waals surface area contributed by atoms with Crippen molar-refractivity contribution in [2.24, 2.45) is 0 Å². The van der Waals surface area contributed by atoms with Crippen LogP contribution in [0.15, 0.2) is 91.0 Å². The van der Waals surface area contributed by atoms with Crippen molar-refractivity contribution in [3.05, 3.63) is 91.0 Å². The van der Waals surface area contributed by atoms with Crippen LogP contribution in [0.2, 0.25) is 0 Å². The van der Waals surface area contributed by atoms with Crippen LogP contribution >= 0.6 is 7.82 Å². The Balaban J connectivity index is 0.00000120. The summed E-state index contributed by atoms with van der Waals surface area (Å²) in [5.41, 5.74) is 0. The highest BCUT2D eigenvalue weighted by Crippen LogP contribution is 2.49. The lowest BCUT2D eigenvalue weighted by atomic mass is 10.3. The molecule has 3 aromatic carbocycles. The van der Waals surface area contributed by atoms with Gasteiger partial charge in [-0.1, -0.05) is 96.1 Å². The first-order valence-electron chi connectivity index (χ1n) is 10.1. The Labute approximate surface area is 176 Å². The Morgan fingerprint density at radius 3 is 0.862 bits per heavy atom. The summed E-state index contributed by atoms with van der Waals surface area (Å²) in [4.78, 5) is 0. The highest BCUT2D eigenvalue weighted by atomic mass is 31.2. The molecule has 4 nitrogen and oxygen atoms in total. The molecular weight excluding hydrogens is 383 g/mol. The summed E-state index contributed by atoms with van der Waals surface area (Å²) in [6.45, 7) is 12.0. The van der Waals surface area contributed by atoms with Gasteiger partial charge in [-0.05, 0) is 36.4 Å². The normalized spacial score (nSPS) is 9.17. The maximum atomic E-state index is 13.1. The van der Waals surface area contributed by atoms with Crippen molar-refractivity contribution in [1.82, 2.24) is 0 Å². The number of para-hydroxylation sites is 3. The third kappa shape index (κ3) is 10.4. The van der Waals surface area contributed by atoms with E-state index in [0.29, 0.717) is 17.2 Å². The van der Waals surface area contributed by atoms with E-state index in [0.717, 1.165) is 0 Å². The van der Waals surface area contributed by atoms with Crippen LogP contribution in [-0.2, 0) is 4.57 Å². The number of phosphoric ester groups is 1. The van der Waals surface area contributed by atoms with Crippen LogP contribution in [0, 0.1) is 0 Å². The van der Waals surface area contributed by atoms with Crippen LogP contribution in [0.1, 0.15) is 41.5 Å². The van der Waals surface area contributed by atoms with E-state index in [1.54, 1.807) is 72.8 Å². The molecule has 0 spiro atoms. The summed E-state index contributed by atoms with van der Waals surface area (Å²) in [7, 11) is -3.89. The number of hydrogen-bond acceptors (Lipinski definition) is 4. The molecule has 0 saturated carbocycles. The third-order valence-electron chi connectivity index (χ3n) is 2.88. The minimum atomic E-state index is -3.89. The average Bonchev–Trinajstić information content (AvgIpc) is 2.80. The zero-order valence-corrected chi connectivity index (χ0v) is 19.1. The van der Waals surface area contributed by atoms with Crippen molar-refractivity contribution in [2.45, 2.75) is 41.5 Å². The molecule has 0 N–H and O–H groups in total. The van der Waals surface area contributed by atoms with E-state index < -0.39 is 7.82 Å². The molecule has 0 unspecified atom stereocenters. The molecule has 0 radical (unpaired) electrons. The molecule has 0 fully saturated rings. The van der Waals surface area contributed by atoms with E-state index in [1.165, 1.54) is 0 Å². The van der Waals surface area contributed by atoms with Crippen LogP contribution < -0.4 is 13.6 Å². The fourth-order valence-corrected chi connectivity index (χ4v) is 3.14. The molecule has 0 amide bonds. The minimum Gasteiger partial charge on any atom is -0.386 e. The topological polar surface area (TPSA) is 44.8 Å². The average molecular weight is 416 g/mol. The van der Waals surface area contributed by atoms with Crippen LogP contribution in [-0.4, -0.2) is 0 Å². The highest BCUT2D eigenvalue weighted by molar-refractivity contribution is 7.49. The second kappa shape index (κ2) is 16.3. The number of benzene rings is 3. The quantitative estimate of drug-likeness (QED) is 0.378. The van der Waals surface area contributed by atoms with Crippen LogP contribution in [0.25, 0.3) is 0 Å². The van der Waals surface area contributed by atoms with Crippen molar-refractivity contribution < 1.29 is 18.1 Å². The fraction of sp³-hybridized carbons (Fsp3) is 0.250. The largest absolute Gasteiger partial charge is 0.647 e. The van der Waals surface area contributed by atoms with E-state index in [-0.39, 0.29) is 0 Å².